The normalized spacial score (nSPS) is 29.3. The van der Waals surface area contributed by atoms with E-state index in [4.69, 9.17) is 0 Å². The molecule has 2 unspecified atom stereocenters. The summed E-state index contributed by atoms with van der Waals surface area (Å²) in [6.45, 7) is 8.86. The minimum atomic E-state index is -0.210. The summed E-state index contributed by atoms with van der Waals surface area (Å²) in [4.78, 5) is 16.6. The van der Waals surface area contributed by atoms with Gasteiger partial charge in [-0.1, -0.05) is 0 Å². The Morgan fingerprint density at radius 3 is 2.17 bits per heavy atom. The summed E-state index contributed by atoms with van der Waals surface area (Å²) in [5.74, 6) is 0.722. The largest absolute Gasteiger partial charge is 0.393 e. The number of aliphatic hydroxyl groups excluding tert-OH is 1. The zero-order valence-corrected chi connectivity index (χ0v) is 11.8. The van der Waals surface area contributed by atoms with Gasteiger partial charge in [0, 0.05) is 12.6 Å². The monoisotopic (exact) mass is 254 g/mol. The predicted molar refractivity (Wildman–Crippen MR) is 71.2 cm³/mol. The highest BCUT2D eigenvalue weighted by atomic mass is 16.3. The molecule has 4 nitrogen and oxygen atoms in total. The van der Waals surface area contributed by atoms with E-state index < -0.39 is 0 Å². The molecule has 0 aromatic rings. The van der Waals surface area contributed by atoms with Crippen LogP contribution in [0.15, 0.2) is 0 Å². The van der Waals surface area contributed by atoms with Crippen molar-refractivity contribution < 1.29 is 9.90 Å². The third-order valence-corrected chi connectivity index (χ3v) is 4.53. The lowest BCUT2D eigenvalue weighted by Gasteiger charge is -2.36. The molecule has 0 bridgehead atoms. The van der Waals surface area contributed by atoms with E-state index in [9.17, 15) is 9.90 Å². The van der Waals surface area contributed by atoms with Crippen LogP contribution in [-0.4, -0.2) is 58.6 Å². The first-order valence-electron chi connectivity index (χ1n) is 7.23. The van der Waals surface area contributed by atoms with Crippen molar-refractivity contribution >= 4 is 5.91 Å². The first-order chi connectivity index (χ1) is 8.50. The molecule has 2 heterocycles. The van der Waals surface area contributed by atoms with Gasteiger partial charge in [-0.15, -0.1) is 0 Å². The zero-order valence-electron chi connectivity index (χ0n) is 11.8. The molecule has 2 saturated heterocycles. The molecule has 2 fully saturated rings. The minimum Gasteiger partial charge on any atom is -0.393 e. The van der Waals surface area contributed by atoms with Crippen LogP contribution in [0.25, 0.3) is 0 Å². The van der Waals surface area contributed by atoms with Crippen LogP contribution in [-0.2, 0) is 4.79 Å². The van der Waals surface area contributed by atoms with Gasteiger partial charge in [0.2, 0.25) is 5.91 Å². The fraction of sp³-hybridized carbons (Fsp3) is 0.929. The Bertz CT molecular complexity index is 296. The van der Waals surface area contributed by atoms with Crippen LogP contribution in [0.4, 0.5) is 0 Å². The van der Waals surface area contributed by atoms with E-state index in [-0.39, 0.29) is 12.1 Å². The number of likely N-dealkylation sites (tertiary alicyclic amines) is 2. The van der Waals surface area contributed by atoms with Gasteiger partial charge in [-0.25, -0.2) is 0 Å². The molecular formula is C14H26N2O2. The first-order valence-corrected chi connectivity index (χ1v) is 7.23. The highest BCUT2D eigenvalue weighted by molar-refractivity contribution is 5.84. The van der Waals surface area contributed by atoms with Crippen molar-refractivity contribution in [2.75, 3.05) is 19.6 Å². The number of aliphatic hydroxyl groups is 1. The molecule has 18 heavy (non-hydrogen) atoms. The van der Waals surface area contributed by atoms with Gasteiger partial charge in [0.15, 0.2) is 0 Å². The van der Waals surface area contributed by atoms with E-state index in [1.165, 1.54) is 0 Å². The number of carbonyl (C=O) groups is 1. The molecule has 0 saturated carbocycles. The van der Waals surface area contributed by atoms with Crippen molar-refractivity contribution in [3.63, 3.8) is 0 Å². The summed E-state index contributed by atoms with van der Waals surface area (Å²) in [6.07, 6.45) is 2.79. The van der Waals surface area contributed by atoms with E-state index in [1.807, 2.05) is 11.8 Å². The number of hydrogen-bond donors (Lipinski definition) is 1. The highest BCUT2D eigenvalue weighted by Crippen LogP contribution is 2.26. The molecule has 4 heteroatoms. The van der Waals surface area contributed by atoms with Crippen LogP contribution < -0.4 is 0 Å². The highest BCUT2D eigenvalue weighted by Gasteiger charge is 2.38. The average molecular weight is 254 g/mol. The van der Waals surface area contributed by atoms with E-state index in [2.05, 4.69) is 18.7 Å². The van der Waals surface area contributed by atoms with Gasteiger partial charge < -0.3 is 10.0 Å². The van der Waals surface area contributed by atoms with Crippen molar-refractivity contribution in [2.24, 2.45) is 5.92 Å². The van der Waals surface area contributed by atoms with Gasteiger partial charge in [0.25, 0.3) is 0 Å². The molecule has 0 radical (unpaired) electrons. The lowest BCUT2D eigenvalue weighted by atomic mass is 9.91. The molecule has 104 valence electrons. The van der Waals surface area contributed by atoms with Crippen LogP contribution in [0.1, 0.15) is 40.0 Å². The maximum absolute atomic E-state index is 12.3. The van der Waals surface area contributed by atoms with Crippen LogP contribution in [0, 0.1) is 5.92 Å². The Morgan fingerprint density at radius 1 is 1.11 bits per heavy atom. The quantitative estimate of drug-likeness (QED) is 0.820. The zero-order chi connectivity index (χ0) is 13.3. The lowest BCUT2D eigenvalue weighted by Crippen LogP contribution is -2.47. The van der Waals surface area contributed by atoms with Crippen molar-refractivity contribution in [2.45, 2.75) is 58.2 Å². The maximum Gasteiger partial charge on any atom is 0.240 e. The second-order valence-electron chi connectivity index (χ2n) is 6.04. The number of rotatable bonds is 3. The summed E-state index contributed by atoms with van der Waals surface area (Å²) in [6, 6.07) is 0.417. The van der Waals surface area contributed by atoms with Crippen LogP contribution >= 0.6 is 0 Å². The Morgan fingerprint density at radius 2 is 1.72 bits per heavy atom. The molecular weight excluding hydrogens is 228 g/mol. The van der Waals surface area contributed by atoms with E-state index in [0.29, 0.717) is 17.9 Å². The number of carbonyl (C=O) groups excluding carboxylic acids is 1. The first kappa shape index (κ1) is 13.8. The Balaban J connectivity index is 1.89. The van der Waals surface area contributed by atoms with Gasteiger partial charge >= 0.3 is 0 Å². The predicted octanol–water partition coefficient (Wildman–Crippen LogP) is 1.09. The van der Waals surface area contributed by atoms with E-state index in [1.54, 1.807) is 0 Å². The number of amides is 1. The molecule has 2 aliphatic rings. The van der Waals surface area contributed by atoms with Crippen molar-refractivity contribution in [1.29, 1.82) is 0 Å². The van der Waals surface area contributed by atoms with Crippen molar-refractivity contribution in [1.82, 2.24) is 9.80 Å². The fourth-order valence-electron chi connectivity index (χ4n) is 3.25. The van der Waals surface area contributed by atoms with Crippen LogP contribution in [0.5, 0.6) is 0 Å². The van der Waals surface area contributed by atoms with Crippen LogP contribution in [0.3, 0.4) is 0 Å². The summed E-state index contributed by atoms with van der Waals surface area (Å²) in [5.41, 5.74) is 0. The van der Waals surface area contributed by atoms with Gasteiger partial charge in [0.05, 0.1) is 12.1 Å². The molecule has 1 amide bonds. The molecule has 2 rings (SSSR count). The summed E-state index contributed by atoms with van der Waals surface area (Å²) in [5, 5.41) is 9.60. The van der Waals surface area contributed by atoms with Gasteiger partial charge in [-0.05, 0) is 59.0 Å². The van der Waals surface area contributed by atoms with Crippen LogP contribution in [0.2, 0.25) is 0 Å². The second kappa shape index (κ2) is 5.57. The minimum absolute atomic E-state index is 0.0994. The van der Waals surface area contributed by atoms with Gasteiger partial charge in [-0.2, -0.15) is 0 Å². The summed E-state index contributed by atoms with van der Waals surface area (Å²) < 4.78 is 0. The molecule has 1 N–H and O–H groups in total. The summed E-state index contributed by atoms with van der Waals surface area (Å²) in [7, 11) is 0. The Kier molecular flexibility index (Phi) is 4.28. The Labute approximate surface area is 110 Å². The Hall–Kier alpha value is -0.610. The van der Waals surface area contributed by atoms with Gasteiger partial charge in [0.1, 0.15) is 0 Å². The topological polar surface area (TPSA) is 43.8 Å². The number of piperidine rings is 1. The molecule has 0 aromatic carbocycles. The lowest BCUT2D eigenvalue weighted by molar-refractivity contribution is -0.134. The maximum atomic E-state index is 12.3. The molecule has 0 aromatic heterocycles. The summed E-state index contributed by atoms with van der Waals surface area (Å²) >= 11 is 0. The van der Waals surface area contributed by atoms with Crippen molar-refractivity contribution in [3.8, 4) is 0 Å². The average Bonchev–Trinajstić information content (AvgIpc) is 2.71. The molecule has 2 atom stereocenters. The number of nitrogens with zero attached hydrogens (tertiary/aromatic N) is 2. The smallest absolute Gasteiger partial charge is 0.240 e. The third-order valence-electron chi connectivity index (χ3n) is 4.53. The standard InChI is InChI=1S/C14H26N2O2/c1-10(2)16-9-6-13(14(16)18)15-7-4-12(5-8-15)11(3)17/h10-13,17H,4-9H2,1-3H3. The van der Waals surface area contributed by atoms with Gasteiger partial charge in [-0.3, -0.25) is 9.69 Å². The fourth-order valence-corrected chi connectivity index (χ4v) is 3.25. The molecule has 0 aliphatic carbocycles. The van der Waals surface area contributed by atoms with E-state index in [0.717, 1.165) is 38.9 Å². The number of hydrogen-bond acceptors (Lipinski definition) is 3. The second-order valence-corrected chi connectivity index (χ2v) is 6.04. The molecule has 0 spiro atoms. The molecule has 2 aliphatic heterocycles. The third kappa shape index (κ3) is 2.69. The van der Waals surface area contributed by atoms with E-state index >= 15 is 0 Å². The van der Waals surface area contributed by atoms with Crippen molar-refractivity contribution in [3.05, 3.63) is 0 Å². The SMILES string of the molecule is CC(O)C1CCN(C2CCN(C(C)C)C2=O)CC1.